The van der Waals surface area contributed by atoms with E-state index in [-0.39, 0.29) is 24.1 Å². The van der Waals surface area contributed by atoms with Crippen molar-refractivity contribution in [3.63, 3.8) is 0 Å². The maximum Gasteiger partial charge on any atom is 0.271 e. The molecule has 0 atom stereocenters. The van der Waals surface area contributed by atoms with E-state index >= 15 is 0 Å². The van der Waals surface area contributed by atoms with Crippen LogP contribution in [0, 0.1) is 11.3 Å². The molecule has 34 heavy (non-hydrogen) atoms. The summed E-state index contributed by atoms with van der Waals surface area (Å²) in [7, 11) is 0. The van der Waals surface area contributed by atoms with Crippen LogP contribution in [-0.2, 0) is 5.54 Å². The summed E-state index contributed by atoms with van der Waals surface area (Å²) in [5, 5.41) is 17.7. The van der Waals surface area contributed by atoms with Gasteiger partial charge in [-0.1, -0.05) is 0 Å². The summed E-state index contributed by atoms with van der Waals surface area (Å²) >= 11 is 0. The zero-order chi connectivity index (χ0) is 23.9. The molecule has 0 bridgehead atoms. The lowest BCUT2D eigenvalue weighted by Crippen LogP contribution is -2.63. The number of carbonyl (C=O) groups excluding carboxylic acids is 1. The molecular formula is C22H23N11O. The molecule has 0 aliphatic carbocycles. The van der Waals surface area contributed by atoms with Crippen LogP contribution in [0.25, 0.3) is 22.3 Å². The fraction of sp³-hybridized carbons (Fsp3) is 0.318. The number of nitrogens with zero attached hydrogens (tertiary/aromatic N) is 8. The van der Waals surface area contributed by atoms with Crippen LogP contribution in [0.4, 0.5) is 11.6 Å². The molecule has 0 unspecified atom stereocenters. The monoisotopic (exact) mass is 457 g/mol. The molecule has 1 fully saturated rings. The Kier molecular flexibility index (Phi) is 5.09. The van der Waals surface area contributed by atoms with E-state index in [1.165, 1.54) is 12.5 Å². The van der Waals surface area contributed by atoms with E-state index in [4.69, 9.17) is 5.73 Å². The number of anilines is 2. The van der Waals surface area contributed by atoms with Gasteiger partial charge in [0.1, 0.15) is 29.0 Å². The molecule has 4 aromatic heterocycles. The average Bonchev–Trinajstić information content (AvgIpc) is 3.42. The van der Waals surface area contributed by atoms with Crippen molar-refractivity contribution in [1.29, 1.82) is 5.26 Å². The minimum absolute atomic E-state index is 0.0121. The van der Waals surface area contributed by atoms with Gasteiger partial charge in [-0.05, 0) is 19.9 Å². The van der Waals surface area contributed by atoms with Gasteiger partial charge in [0.2, 0.25) is 0 Å². The third-order valence-corrected chi connectivity index (χ3v) is 5.83. The molecule has 5 heterocycles. The summed E-state index contributed by atoms with van der Waals surface area (Å²) in [6.07, 6.45) is 8.38. The second kappa shape index (κ2) is 8.11. The third-order valence-electron chi connectivity index (χ3n) is 5.83. The van der Waals surface area contributed by atoms with Crippen molar-refractivity contribution in [3.05, 3.63) is 42.9 Å². The second-order valence-corrected chi connectivity index (χ2v) is 8.64. The van der Waals surface area contributed by atoms with Gasteiger partial charge in [-0.3, -0.25) is 9.48 Å². The van der Waals surface area contributed by atoms with Crippen LogP contribution < -0.4 is 16.0 Å². The number of H-pyrrole nitrogens is 1. The third kappa shape index (κ3) is 3.57. The number of amides is 1. The topological polar surface area (TPSA) is 167 Å². The van der Waals surface area contributed by atoms with Gasteiger partial charge in [-0.15, -0.1) is 0 Å². The fourth-order valence-electron chi connectivity index (χ4n) is 4.15. The molecule has 12 heteroatoms. The number of nitrogen functional groups attached to an aromatic ring is 1. The Balaban J connectivity index is 1.39. The molecule has 4 aromatic rings. The molecule has 12 nitrogen and oxygen atoms in total. The van der Waals surface area contributed by atoms with E-state index in [0.717, 1.165) is 5.39 Å². The summed E-state index contributed by atoms with van der Waals surface area (Å²) in [6.45, 7) is 4.76. The van der Waals surface area contributed by atoms with Crippen LogP contribution in [0.1, 0.15) is 30.8 Å². The highest BCUT2D eigenvalue weighted by Gasteiger charge is 2.46. The lowest BCUT2D eigenvalue weighted by molar-refractivity contribution is 0.0937. The van der Waals surface area contributed by atoms with Gasteiger partial charge < -0.3 is 20.9 Å². The number of nitriles is 1. The largest absolute Gasteiger partial charge is 0.382 e. The van der Waals surface area contributed by atoms with Crippen LogP contribution in [0.2, 0.25) is 0 Å². The average molecular weight is 458 g/mol. The predicted molar refractivity (Wildman–Crippen MR) is 125 cm³/mol. The van der Waals surface area contributed by atoms with Gasteiger partial charge >= 0.3 is 0 Å². The molecule has 0 radical (unpaired) electrons. The van der Waals surface area contributed by atoms with E-state index in [1.807, 2.05) is 31.0 Å². The molecule has 172 valence electrons. The molecule has 1 amide bonds. The first-order valence-corrected chi connectivity index (χ1v) is 10.8. The highest BCUT2D eigenvalue weighted by Crippen LogP contribution is 2.37. The molecule has 0 spiro atoms. The quantitative estimate of drug-likeness (QED) is 0.388. The number of aromatic amines is 1. The number of aromatic nitrogens is 7. The van der Waals surface area contributed by atoms with Crippen molar-refractivity contribution in [1.82, 2.24) is 40.0 Å². The molecule has 4 N–H and O–H groups in total. The Bertz CT molecular complexity index is 1390. The van der Waals surface area contributed by atoms with E-state index in [9.17, 15) is 10.1 Å². The van der Waals surface area contributed by atoms with Gasteiger partial charge in [0.05, 0.1) is 36.1 Å². The molecule has 1 saturated heterocycles. The highest BCUT2D eigenvalue weighted by molar-refractivity contribution is 5.93. The van der Waals surface area contributed by atoms with Crippen LogP contribution in [0.3, 0.4) is 0 Å². The van der Waals surface area contributed by atoms with Gasteiger partial charge in [0.15, 0.2) is 5.82 Å². The Labute approximate surface area is 194 Å². The zero-order valence-electron chi connectivity index (χ0n) is 18.7. The first-order valence-electron chi connectivity index (χ1n) is 10.8. The number of rotatable bonds is 6. The Morgan fingerprint density at radius 2 is 2.12 bits per heavy atom. The Morgan fingerprint density at radius 1 is 1.29 bits per heavy atom. The predicted octanol–water partition coefficient (Wildman–Crippen LogP) is 1.46. The highest BCUT2D eigenvalue weighted by atomic mass is 16.1. The Morgan fingerprint density at radius 3 is 2.82 bits per heavy atom. The van der Waals surface area contributed by atoms with E-state index in [0.29, 0.717) is 41.6 Å². The van der Waals surface area contributed by atoms with Crippen LogP contribution in [-0.4, -0.2) is 59.7 Å². The summed E-state index contributed by atoms with van der Waals surface area (Å²) in [4.78, 5) is 34.4. The van der Waals surface area contributed by atoms with Crippen molar-refractivity contribution in [2.45, 2.75) is 31.8 Å². The lowest BCUT2D eigenvalue weighted by atomic mass is 9.87. The molecular weight excluding hydrogens is 434 g/mol. The number of hydrogen-bond acceptors (Lipinski definition) is 9. The van der Waals surface area contributed by atoms with Gasteiger partial charge in [-0.25, -0.2) is 19.9 Å². The van der Waals surface area contributed by atoms with Crippen LogP contribution in [0.5, 0.6) is 0 Å². The SMILES string of the molecule is CC(C)NC(=O)c1cnc(N2CC(CC#N)(n3cc(-c4ncnc5[nH]ccc45)c(N)n3)C2)cn1. The smallest absolute Gasteiger partial charge is 0.271 e. The molecule has 0 saturated carbocycles. The summed E-state index contributed by atoms with van der Waals surface area (Å²) in [5.74, 6) is 0.689. The van der Waals surface area contributed by atoms with E-state index < -0.39 is 5.54 Å². The zero-order valence-corrected chi connectivity index (χ0v) is 18.7. The van der Waals surface area contributed by atoms with Crippen molar-refractivity contribution in [2.24, 2.45) is 0 Å². The summed E-state index contributed by atoms with van der Waals surface area (Å²) < 4.78 is 1.76. The lowest BCUT2D eigenvalue weighted by Gasteiger charge is -2.49. The maximum atomic E-state index is 12.1. The summed E-state index contributed by atoms with van der Waals surface area (Å²) in [6, 6.07) is 4.17. The number of carbonyl (C=O) groups is 1. The number of nitrogens with two attached hydrogens (primary N) is 1. The summed E-state index contributed by atoms with van der Waals surface area (Å²) in [5.41, 5.74) is 8.03. The van der Waals surface area contributed by atoms with E-state index in [2.05, 4.69) is 41.4 Å². The minimum atomic E-state index is -0.569. The fourth-order valence-corrected chi connectivity index (χ4v) is 4.15. The number of fused-ring (bicyclic) bond motifs is 1. The number of nitrogens with one attached hydrogen (secondary N) is 2. The normalized spacial score (nSPS) is 14.7. The molecule has 0 aromatic carbocycles. The molecule has 5 rings (SSSR count). The Hall–Kier alpha value is -4.53. The van der Waals surface area contributed by atoms with Crippen molar-refractivity contribution < 1.29 is 4.79 Å². The standard InChI is InChI=1S/C22H23N11O/c1-13(2)30-21(34)16-7-27-17(8-26-16)32-10-22(11-32,4-5-23)33-9-15(19(24)31-33)18-14-3-6-25-20(14)29-12-28-18/h3,6-9,12-13H,4,10-11H2,1-2H3,(H2,24,31)(H,30,34)(H,25,28,29). The van der Waals surface area contributed by atoms with Crippen LogP contribution in [0.15, 0.2) is 37.2 Å². The first kappa shape index (κ1) is 21.3. The van der Waals surface area contributed by atoms with Crippen molar-refractivity contribution >= 4 is 28.6 Å². The molecule has 1 aliphatic rings. The second-order valence-electron chi connectivity index (χ2n) is 8.64. The number of hydrogen-bond donors (Lipinski definition) is 3. The van der Waals surface area contributed by atoms with Crippen molar-refractivity contribution in [3.8, 4) is 17.3 Å². The van der Waals surface area contributed by atoms with Crippen molar-refractivity contribution in [2.75, 3.05) is 23.7 Å². The molecule has 1 aliphatic heterocycles. The first-order chi connectivity index (χ1) is 16.4. The maximum absolute atomic E-state index is 12.1. The van der Waals surface area contributed by atoms with Gasteiger partial charge in [0.25, 0.3) is 5.91 Å². The van der Waals surface area contributed by atoms with Gasteiger partial charge in [0, 0.05) is 36.9 Å². The minimum Gasteiger partial charge on any atom is -0.382 e. The van der Waals surface area contributed by atoms with Gasteiger partial charge in [-0.2, -0.15) is 10.4 Å². The van der Waals surface area contributed by atoms with Crippen LogP contribution >= 0.6 is 0 Å². The van der Waals surface area contributed by atoms with E-state index in [1.54, 1.807) is 17.1 Å².